The van der Waals surface area contributed by atoms with Gasteiger partial charge in [0.1, 0.15) is 29.9 Å². The number of hydrogen-bond donors (Lipinski definition) is 9. The quantitative estimate of drug-likeness (QED) is 0.143. The number of carboxylic acid groups (broad SMARTS) is 1. The first-order chi connectivity index (χ1) is 15.0. The summed E-state index contributed by atoms with van der Waals surface area (Å²) < 4.78 is 0. The lowest BCUT2D eigenvalue weighted by molar-refractivity contribution is -0.141. The summed E-state index contributed by atoms with van der Waals surface area (Å²) >= 11 is 3.88. The molecule has 3 amide bonds. The number of aliphatic carboxylic acids is 1. The van der Waals surface area contributed by atoms with E-state index < -0.39 is 60.6 Å². The molecular weight excluding hydrogens is 444 g/mol. The maximum absolute atomic E-state index is 12.7. The Morgan fingerprint density at radius 1 is 0.969 bits per heavy atom. The third-order valence-corrected chi connectivity index (χ3v) is 4.81. The molecule has 32 heavy (non-hydrogen) atoms. The van der Waals surface area contributed by atoms with Crippen LogP contribution in [-0.2, 0) is 25.6 Å². The maximum Gasteiger partial charge on any atom is 0.327 e. The summed E-state index contributed by atoms with van der Waals surface area (Å²) in [5.41, 5.74) is 6.03. The Balaban J connectivity index is 3.02. The highest BCUT2D eigenvalue weighted by Crippen LogP contribution is 2.12. The first-order valence-electron chi connectivity index (χ1n) is 9.57. The molecule has 0 spiro atoms. The molecule has 1 aromatic rings. The zero-order valence-corrected chi connectivity index (χ0v) is 18.2. The molecule has 0 aliphatic rings. The minimum atomic E-state index is -1.48. The highest BCUT2D eigenvalue weighted by atomic mass is 32.1. The number of phenolic OH excluding ortho intramolecular Hbond substituents is 1. The van der Waals surface area contributed by atoms with Crippen LogP contribution in [0.4, 0.5) is 0 Å². The molecule has 5 unspecified atom stereocenters. The van der Waals surface area contributed by atoms with Crippen molar-refractivity contribution in [1.82, 2.24) is 16.0 Å². The lowest BCUT2D eigenvalue weighted by Gasteiger charge is -2.24. The Kier molecular flexibility index (Phi) is 10.9. The number of aliphatic hydroxyl groups excluding tert-OH is 2. The van der Waals surface area contributed by atoms with Crippen LogP contribution in [0, 0.1) is 0 Å². The zero-order valence-electron chi connectivity index (χ0n) is 17.3. The van der Waals surface area contributed by atoms with E-state index in [1.54, 1.807) is 0 Å². The van der Waals surface area contributed by atoms with Crippen molar-refractivity contribution in [3.05, 3.63) is 29.8 Å². The molecule has 0 aliphatic carbocycles. The number of hydrogen-bond acceptors (Lipinski definition) is 9. The Morgan fingerprint density at radius 3 is 1.94 bits per heavy atom. The molecule has 9 N–H and O–H groups in total. The first kappa shape index (κ1) is 27.2. The topological polar surface area (TPSA) is 211 Å². The molecule has 0 heterocycles. The molecule has 0 saturated carbocycles. The Labute approximate surface area is 189 Å². The molecule has 0 fully saturated rings. The van der Waals surface area contributed by atoms with Crippen LogP contribution in [0.5, 0.6) is 5.75 Å². The average molecular weight is 473 g/mol. The molecule has 1 rings (SSSR count). The van der Waals surface area contributed by atoms with Crippen molar-refractivity contribution in [2.45, 2.75) is 43.6 Å². The first-order valence-corrected chi connectivity index (χ1v) is 10.2. The second kappa shape index (κ2) is 12.9. The molecule has 0 bridgehead atoms. The van der Waals surface area contributed by atoms with E-state index in [9.17, 15) is 34.5 Å². The molecular formula is C19H28N4O8S. The van der Waals surface area contributed by atoms with Crippen molar-refractivity contribution in [1.29, 1.82) is 0 Å². The van der Waals surface area contributed by atoms with Gasteiger partial charge in [0.2, 0.25) is 17.7 Å². The van der Waals surface area contributed by atoms with Crippen molar-refractivity contribution < 1.29 is 39.6 Å². The van der Waals surface area contributed by atoms with Gasteiger partial charge in [0.05, 0.1) is 12.7 Å². The second-order valence-electron chi connectivity index (χ2n) is 7.02. The molecule has 0 aliphatic heterocycles. The smallest absolute Gasteiger partial charge is 0.327 e. The van der Waals surface area contributed by atoms with Crippen molar-refractivity contribution in [3.8, 4) is 5.75 Å². The number of rotatable bonds is 12. The predicted molar refractivity (Wildman–Crippen MR) is 116 cm³/mol. The van der Waals surface area contributed by atoms with Gasteiger partial charge in [-0.2, -0.15) is 12.6 Å². The number of nitrogens with two attached hydrogens (primary N) is 1. The van der Waals surface area contributed by atoms with Gasteiger partial charge in [0.15, 0.2) is 0 Å². The van der Waals surface area contributed by atoms with E-state index in [1.165, 1.54) is 31.2 Å². The number of carboxylic acids is 1. The summed E-state index contributed by atoms with van der Waals surface area (Å²) in [4.78, 5) is 48.5. The monoisotopic (exact) mass is 472 g/mol. The maximum atomic E-state index is 12.7. The van der Waals surface area contributed by atoms with Gasteiger partial charge >= 0.3 is 5.97 Å². The molecule has 0 saturated heterocycles. The van der Waals surface area contributed by atoms with Crippen LogP contribution in [0.2, 0.25) is 0 Å². The van der Waals surface area contributed by atoms with Gasteiger partial charge < -0.3 is 42.1 Å². The van der Waals surface area contributed by atoms with Crippen LogP contribution in [0.1, 0.15) is 12.5 Å². The lowest BCUT2D eigenvalue weighted by atomic mass is 10.0. The summed E-state index contributed by atoms with van der Waals surface area (Å²) in [5.74, 6) is -4.21. The fourth-order valence-electron chi connectivity index (χ4n) is 2.49. The van der Waals surface area contributed by atoms with E-state index >= 15 is 0 Å². The Bertz CT molecular complexity index is 805. The van der Waals surface area contributed by atoms with Crippen LogP contribution >= 0.6 is 12.6 Å². The summed E-state index contributed by atoms with van der Waals surface area (Å²) in [7, 11) is 0. The summed E-state index contributed by atoms with van der Waals surface area (Å²) in [6.07, 6.45) is -1.30. The van der Waals surface area contributed by atoms with Gasteiger partial charge in [-0.1, -0.05) is 12.1 Å². The van der Waals surface area contributed by atoms with E-state index in [1.807, 2.05) is 0 Å². The van der Waals surface area contributed by atoms with Gasteiger partial charge in [-0.25, -0.2) is 4.79 Å². The molecule has 178 valence electrons. The van der Waals surface area contributed by atoms with Crippen molar-refractivity contribution in [2.75, 3.05) is 12.4 Å². The number of aliphatic hydroxyl groups is 2. The number of benzene rings is 1. The minimum absolute atomic E-state index is 0.0164. The predicted octanol–water partition coefficient (Wildman–Crippen LogP) is -2.90. The molecule has 12 nitrogen and oxygen atoms in total. The largest absolute Gasteiger partial charge is 0.508 e. The van der Waals surface area contributed by atoms with Gasteiger partial charge in [0.25, 0.3) is 0 Å². The van der Waals surface area contributed by atoms with Crippen molar-refractivity contribution >= 4 is 36.3 Å². The van der Waals surface area contributed by atoms with E-state index in [0.29, 0.717) is 5.56 Å². The second-order valence-corrected chi connectivity index (χ2v) is 7.39. The summed E-state index contributed by atoms with van der Waals surface area (Å²) in [6, 6.07) is 0.307. The normalized spacial score (nSPS) is 15.5. The highest BCUT2D eigenvalue weighted by molar-refractivity contribution is 7.80. The third-order valence-electron chi connectivity index (χ3n) is 4.44. The van der Waals surface area contributed by atoms with E-state index in [-0.39, 0.29) is 17.9 Å². The van der Waals surface area contributed by atoms with Crippen molar-refractivity contribution in [2.24, 2.45) is 5.73 Å². The van der Waals surface area contributed by atoms with E-state index in [2.05, 4.69) is 28.6 Å². The van der Waals surface area contributed by atoms with Gasteiger partial charge in [-0.3, -0.25) is 14.4 Å². The number of phenols is 1. The number of carbonyl (C=O) groups is 4. The van der Waals surface area contributed by atoms with Crippen LogP contribution in [-0.4, -0.2) is 86.7 Å². The summed E-state index contributed by atoms with van der Waals surface area (Å²) in [5, 5.41) is 44.2. The number of aromatic hydroxyl groups is 1. The Hall–Kier alpha value is -2.87. The van der Waals surface area contributed by atoms with Crippen LogP contribution in [0.3, 0.4) is 0 Å². The molecule has 5 atom stereocenters. The fraction of sp³-hybridized carbons (Fsp3) is 0.474. The summed E-state index contributed by atoms with van der Waals surface area (Å²) in [6.45, 7) is 0.447. The van der Waals surface area contributed by atoms with Crippen LogP contribution < -0.4 is 21.7 Å². The standard InChI is InChI=1S/C19H28N4O8S/c1-9(25)15(20)18(29)22-13(7-24)17(28)21-12(6-10-2-4-11(26)5-3-10)16(27)23-14(8-32)19(30)31/h2-5,9,12-15,24-26,32H,6-8,20H2,1H3,(H,21,28)(H,22,29)(H,23,27)(H,30,31). The fourth-order valence-corrected chi connectivity index (χ4v) is 2.74. The van der Waals surface area contributed by atoms with Crippen molar-refractivity contribution in [3.63, 3.8) is 0 Å². The molecule has 13 heteroatoms. The van der Waals surface area contributed by atoms with Crippen LogP contribution in [0.15, 0.2) is 24.3 Å². The number of carbonyl (C=O) groups excluding carboxylic acids is 3. The average Bonchev–Trinajstić information content (AvgIpc) is 2.75. The van der Waals surface area contributed by atoms with Gasteiger partial charge in [0, 0.05) is 12.2 Å². The molecule has 0 aromatic heterocycles. The minimum Gasteiger partial charge on any atom is -0.508 e. The van der Waals surface area contributed by atoms with Gasteiger partial charge in [-0.05, 0) is 24.6 Å². The SMILES string of the molecule is CC(O)C(N)C(=O)NC(CO)C(=O)NC(Cc1ccc(O)cc1)C(=O)NC(CS)C(=O)O. The highest BCUT2D eigenvalue weighted by Gasteiger charge is 2.30. The lowest BCUT2D eigenvalue weighted by Crippen LogP contribution is -2.59. The number of thiol groups is 1. The van der Waals surface area contributed by atoms with Gasteiger partial charge in [-0.15, -0.1) is 0 Å². The van der Waals surface area contributed by atoms with E-state index in [0.717, 1.165) is 0 Å². The van der Waals surface area contributed by atoms with Crippen LogP contribution in [0.25, 0.3) is 0 Å². The van der Waals surface area contributed by atoms with E-state index in [4.69, 9.17) is 10.8 Å². The molecule has 1 aromatic carbocycles. The number of amides is 3. The zero-order chi connectivity index (χ0) is 24.4. The third kappa shape index (κ3) is 8.34. The number of nitrogens with one attached hydrogen (secondary N) is 3. The molecule has 0 radical (unpaired) electrons. The Morgan fingerprint density at radius 2 is 1.47 bits per heavy atom.